The van der Waals surface area contributed by atoms with E-state index in [1.807, 2.05) is 17.8 Å². The highest BCUT2D eigenvalue weighted by molar-refractivity contribution is 7.99. The molecule has 1 spiro atoms. The number of esters is 1. The van der Waals surface area contributed by atoms with Gasteiger partial charge in [-0.3, -0.25) is 9.59 Å². The molecule has 0 radical (unpaired) electrons. The van der Waals surface area contributed by atoms with Gasteiger partial charge in [-0.25, -0.2) is 0 Å². The first kappa shape index (κ1) is 18.3. The lowest BCUT2D eigenvalue weighted by Gasteiger charge is -2.60. The Morgan fingerprint density at radius 1 is 1.04 bits per heavy atom. The Bertz CT molecular complexity index is 729. The lowest BCUT2D eigenvalue weighted by molar-refractivity contribution is -0.167. The maximum Gasteiger partial charge on any atom is 0.306 e. The Kier molecular flexibility index (Phi) is 3.97. The van der Waals surface area contributed by atoms with E-state index in [1.54, 1.807) is 0 Å². The van der Waals surface area contributed by atoms with Crippen molar-refractivity contribution in [3.8, 4) is 0 Å². The van der Waals surface area contributed by atoms with Gasteiger partial charge in [0, 0.05) is 28.9 Å². The van der Waals surface area contributed by atoms with Crippen molar-refractivity contribution in [1.82, 2.24) is 0 Å². The van der Waals surface area contributed by atoms with Gasteiger partial charge in [-0.05, 0) is 75.0 Å². The Balaban J connectivity index is 1.51. The van der Waals surface area contributed by atoms with Crippen LogP contribution >= 0.6 is 11.8 Å². The third-order valence-electron chi connectivity index (χ3n) is 9.65. The number of hydrogen-bond acceptors (Lipinski definition) is 4. The van der Waals surface area contributed by atoms with Gasteiger partial charge in [-0.1, -0.05) is 19.4 Å². The molecular formula is C23H32O3S. The largest absolute Gasteiger partial charge is 0.458 e. The lowest BCUT2D eigenvalue weighted by atomic mass is 9.46. The van der Waals surface area contributed by atoms with Crippen LogP contribution in [0.3, 0.4) is 0 Å². The molecule has 27 heavy (non-hydrogen) atoms. The minimum absolute atomic E-state index is 0.0214. The maximum atomic E-state index is 12.3. The van der Waals surface area contributed by atoms with Gasteiger partial charge in [0.1, 0.15) is 5.60 Å². The summed E-state index contributed by atoms with van der Waals surface area (Å²) in [6, 6.07) is 0. The van der Waals surface area contributed by atoms with Crippen molar-refractivity contribution in [3.05, 3.63) is 11.6 Å². The summed E-state index contributed by atoms with van der Waals surface area (Å²) in [5.41, 5.74) is 1.57. The molecule has 4 fully saturated rings. The van der Waals surface area contributed by atoms with Crippen molar-refractivity contribution >= 4 is 23.5 Å². The summed E-state index contributed by atoms with van der Waals surface area (Å²) in [4.78, 5) is 24.3. The van der Waals surface area contributed by atoms with Gasteiger partial charge in [0.25, 0.3) is 0 Å². The summed E-state index contributed by atoms with van der Waals surface area (Å²) in [6.45, 7) is 4.90. The predicted molar refractivity (Wildman–Crippen MR) is 107 cm³/mol. The topological polar surface area (TPSA) is 43.4 Å². The van der Waals surface area contributed by atoms with Crippen LogP contribution in [0.15, 0.2) is 11.6 Å². The van der Waals surface area contributed by atoms with Gasteiger partial charge in [0.05, 0.1) is 0 Å². The highest BCUT2D eigenvalue weighted by Gasteiger charge is 2.67. The molecule has 1 heterocycles. The number of carbonyl (C=O) groups is 2. The van der Waals surface area contributed by atoms with Crippen molar-refractivity contribution < 1.29 is 14.3 Å². The van der Waals surface area contributed by atoms with E-state index in [-0.39, 0.29) is 22.4 Å². The van der Waals surface area contributed by atoms with E-state index in [4.69, 9.17) is 4.74 Å². The zero-order valence-corrected chi connectivity index (χ0v) is 17.7. The standard InChI is InChI=1S/C23H32O3S/c1-21-9-6-18-16(17(21)7-10-23(21)11-8-20(25)26-23)5-4-14-12-15(24)13-19(27-3)22(14,18)2/h12,16-19H,4-11,13H2,1-3H3. The van der Waals surface area contributed by atoms with E-state index in [0.717, 1.165) is 19.3 Å². The Morgan fingerprint density at radius 3 is 2.52 bits per heavy atom. The van der Waals surface area contributed by atoms with Crippen molar-refractivity contribution in [1.29, 1.82) is 0 Å². The molecule has 7 unspecified atom stereocenters. The molecule has 0 bridgehead atoms. The zero-order valence-electron chi connectivity index (χ0n) is 16.9. The molecule has 3 nitrogen and oxygen atoms in total. The number of allylic oxidation sites excluding steroid dienone is 1. The molecule has 3 saturated carbocycles. The molecule has 1 saturated heterocycles. The Hall–Kier alpha value is -0.770. The number of rotatable bonds is 1. The molecule has 0 aromatic heterocycles. The van der Waals surface area contributed by atoms with E-state index >= 15 is 0 Å². The highest BCUT2D eigenvalue weighted by Crippen LogP contribution is 2.70. The van der Waals surface area contributed by atoms with Gasteiger partial charge in [0.15, 0.2) is 5.78 Å². The highest BCUT2D eigenvalue weighted by atomic mass is 32.2. The van der Waals surface area contributed by atoms with Crippen molar-refractivity contribution in [2.24, 2.45) is 28.6 Å². The van der Waals surface area contributed by atoms with E-state index in [0.29, 0.717) is 41.6 Å². The zero-order chi connectivity index (χ0) is 19.0. The first-order valence-corrected chi connectivity index (χ1v) is 12.1. The molecule has 148 valence electrons. The van der Waals surface area contributed by atoms with Gasteiger partial charge in [0.2, 0.25) is 0 Å². The first-order valence-electron chi connectivity index (χ1n) is 10.8. The summed E-state index contributed by atoms with van der Waals surface area (Å²) in [6.07, 6.45) is 13.4. The number of fused-ring (bicyclic) bond motifs is 6. The van der Waals surface area contributed by atoms with E-state index in [1.165, 1.54) is 31.3 Å². The monoisotopic (exact) mass is 388 g/mol. The molecule has 0 amide bonds. The number of thioether (sulfide) groups is 1. The van der Waals surface area contributed by atoms with E-state index in [9.17, 15) is 9.59 Å². The smallest absolute Gasteiger partial charge is 0.306 e. The average molecular weight is 389 g/mol. The number of ketones is 1. The molecular weight excluding hydrogens is 356 g/mol. The molecule has 5 aliphatic rings. The molecule has 7 atom stereocenters. The molecule has 4 aliphatic carbocycles. The fourth-order valence-corrected chi connectivity index (χ4v) is 9.36. The van der Waals surface area contributed by atoms with Gasteiger partial charge in [-0.2, -0.15) is 11.8 Å². The first-order chi connectivity index (χ1) is 12.8. The van der Waals surface area contributed by atoms with Crippen LogP contribution in [0.2, 0.25) is 0 Å². The lowest BCUT2D eigenvalue weighted by Crippen LogP contribution is -2.57. The molecule has 0 N–H and O–H groups in total. The average Bonchev–Trinajstić information content (AvgIpc) is 3.16. The summed E-state index contributed by atoms with van der Waals surface area (Å²) in [7, 11) is 0. The second-order valence-electron chi connectivity index (χ2n) is 10.2. The summed E-state index contributed by atoms with van der Waals surface area (Å²) in [5.74, 6) is 2.41. The van der Waals surface area contributed by atoms with Crippen LogP contribution in [-0.2, 0) is 14.3 Å². The summed E-state index contributed by atoms with van der Waals surface area (Å²) >= 11 is 1.90. The second-order valence-corrected chi connectivity index (χ2v) is 11.3. The molecule has 5 rings (SSSR count). The minimum Gasteiger partial charge on any atom is -0.458 e. The normalized spacial score (nSPS) is 51.4. The van der Waals surface area contributed by atoms with Gasteiger partial charge < -0.3 is 4.74 Å². The van der Waals surface area contributed by atoms with Crippen LogP contribution in [0.4, 0.5) is 0 Å². The van der Waals surface area contributed by atoms with Crippen molar-refractivity contribution in [2.75, 3.05) is 6.26 Å². The van der Waals surface area contributed by atoms with Gasteiger partial charge >= 0.3 is 5.97 Å². The quantitative estimate of drug-likeness (QED) is 0.597. The summed E-state index contributed by atoms with van der Waals surface area (Å²) < 4.78 is 6.05. The molecule has 1 aliphatic heterocycles. The summed E-state index contributed by atoms with van der Waals surface area (Å²) in [5, 5.41) is 0.418. The third kappa shape index (κ3) is 2.22. The minimum atomic E-state index is -0.182. The fourth-order valence-electron chi connectivity index (χ4n) is 8.21. The number of hydrogen-bond donors (Lipinski definition) is 0. The van der Waals surface area contributed by atoms with Crippen LogP contribution < -0.4 is 0 Å². The molecule has 4 heteroatoms. The van der Waals surface area contributed by atoms with Crippen LogP contribution in [0, 0.1) is 28.6 Å². The van der Waals surface area contributed by atoms with Gasteiger partial charge in [-0.15, -0.1) is 0 Å². The van der Waals surface area contributed by atoms with E-state index < -0.39 is 0 Å². The van der Waals surface area contributed by atoms with E-state index in [2.05, 4.69) is 20.1 Å². The molecule has 0 aromatic rings. The number of ether oxygens (including phenoxy) is 1. The van der Waals surface area contributed by atoms with Crippen LogP contribution in [-0.4, -0.2) is 28.9 Å². The van der Waals surface area contributed by atoms with Crippen LogP contribution in [0.1, 0.15) is 71.6 Å². The predicted octanol–water partition coefficient (Wildman–Crippen LogP) is 4.94. The van der Waals surface area contributed by atoms with Crippen LogP contribution in [0.25, 0.3) is 0 Å². The second kappa shape index (κ2) is 5.87. The van der Waals surface area contributed by atoms with Crippen molar-refractivity contribution in [2.45, 2.75) is 82.5 Å². The fraction of sp³-hybridized carbons (Fsp3) is 0.826. The molecule has 0 aromatic carbocycles. The maximum absolute atomic E-state index is 12.3. The Labute approximate surface area is 167 Å². The SMILES string of the molecule is CSC1CC(=O)C=C2CCC3C(CCC4(C)C3CCC43CCC(=O)O3)C21C. The van der Waals surface area contributed by atoms with Crippen molar-refractivity contribution in [3.63, 3.8) is 0 Å². The number of carbonyl (C=O) groups excluding carboxylic acids is 2. The third-order valence-corrected chi connectivity index (χ3v) is 10.9. The Morgan fingerprint density at radius 2 is 1.81 bits per heavy atom. The van der Waals surface area contributed by atoms with Crippen LogP contribution in [0.5, 0.6) is 0 Å².